The van der Waals surface area contributed by atoms with Crippen LogP contribution in [0.3, 0.4) is 0 Å². The summed E-state index contributed by atoms with van der Waals surface area (Å²) in [4.78, 5) is 24.4. The van der Waals surface area contributed by atoms with E-state index in [9.17, 15) is 9.59 Å². The molecule has 25 heavy (non-hydrogen) atoms. The number of fused-ring (bicyclic) bond motifs is 2. The van der Waals surface area contributed by atoms with Crippen molar-refractivity contribution in [2.24, 2.45) is 14.1 Å². The Kier molecular flexibility index (Phi) is 3.35. The summed E-state index contributed by atoms with van der Waals surface area (Å²) < 4.78 is 5.12. The van der Waals surface area contributed by atoms with Gasteiger partial charge in [-0.25, -0.2) is 9.48 Å². The number of nitrogens with zero attached hydrogens (tertiary/aromatic N) is 4. The van der Waals surface area contributed by atoms with Gasteiger partial charge in [0, 0.05) is 38.0 Å². The molecule has 0 saturated carbocycles. The monoisotopic (exact) mass is 339 g/mol. The maximum absolute atomic E-state index is 12.3. The zero-order valence-electron chi connectivity index (χ0n) is 14.8. The number of hydrogen-bond acceptors (Lipinski definition) is 3. The number of amides is 1. The topological polar surface area (TPSA) is 73.8 Å². The number of nitrogens with one attached hydrogen (secondary N) is 1. The number of aryl methyl sites for hydroxylation is 2. The third-order valence-corrected chi connectivity index (χ3v) is 5.03. The first kappa shape index (κ1) is 15.7. The van der Waals surface area contributed by atoms with Crippen LogP contribution in [0.15, 0.2) is 29.2 Å². The van der Waals surface area contributed by atoms with E-state index in [1.165, 1.54) is 0 Å². The highest BCUT2D eigenvalue weighted by Crippen LogP contribution is 2.38. The van der Waals surface area contributed by atoms with Crippen molar-refractivity contribution in [3.8, 4) is 0 Å². The Morgan fingerprint density at radius 1 is 1.16 bits per heavy atom. The number of imidazole rings is 1. The molecule has 1 aliphatic rings. The minimum atomic E-state index is -0.0593. The van der Waals surface area contributed by atoms with Crippen molar-refractivity contribution in [2.45, 2.75) is 32.2 Å². The summed E-state index contributed by atoms with van der Waals surface area (Å²) in [7, 11) is 3.54. The SMILES string of the molecule is CC(C)n1ncc2c1NC(=O)C[C@@H]2c1ccc2c(c1)n(C)c(=O)n2C. The van der Waals surface area contributed by atoms with Crippen molar-refractivity contribution in [3.63, 3.8) is 0 Å². The molecule has 2 aromatic heterocycles. The maximum Gasteiger partial charge on any atom is 0.328 e. The van der Waals surface area contributed by atoms with Gasteiger partial charge in [0.25, 0.3) is 0 Å². The predicted octanol–water partition coefficient (Wildman–Crippen LogP) is 2.13. The fraction of sp³-hybridized carbons (Fsp3) is 0.389. The van der Waals surface area contributed by atoms with Gasteiger partial charge in [0.1, 0.15) is 5.82 Å². The molecule has 3 heterocycles. The lowest BCUT2D eigenvalue weighted by Gasteiger charge is -2.24. The van der Waals surface area contributed by atoms with Gasteiger partial charge < -0.3 is 5.32 Å². The summed E-state index contributed by atoms with van der Waals surface area (Å²) in [6.07, 6.45) is 2.22. The van der Waals surface area contributed by atoms with Gasteiger partial charge in [-0.3, -0.25) is 13.9 Å². The number of benzene rings is 1. The predicted molar refractivity (Wildman–Crippen MR) is 95.9 cm³/mol. The molecule has 0 saturated heterocycles. The van der Waals surface area contributed by atoms with Gasteiger partial charge in [0.15, 0.2) is 0 Å². The van der Waals surface area contributed by atoms with E-state index in [2.05, 4.69) is 10.4 Å². The van der Waals surface area contributed by atoms with E-state index >= 15 is 0 Å². The van der Waals surface area contributed by atoms with Crippen molar-refractivity contribution in [1.82, 2.24) is 18.9 Å². The van der Waals surface area contributed by atoms with Crippen LogP contribution in [0.2, 0.25) is 0 Å². The molecular formula is C18H21N5O2. The van der Waals surface area contributed by atoms with Crippen LogP contribution >= 0.6 is 0 Å². The molecule has 1 N–H and O–H groups in total. The number of anilines is 1. The minimum Gasteiger partial charge on any atom is -0.311 e. The molecule has 0 spiro atoms. The molecule has 0 aliphatic carbocycles. The van der Waals surface area contributed by atoms with Crippen molar-refractivity contribution in [1.29, 1.82) is 0 Å². The Morgan fingerprint density at radius 3 is 2.60 bits per heavy atom. The Labute approximate surface area is 144 Å². The van der Waals surface area contributed by atoms with E-state index in [1.807, 2.05) is 42.9 Å². The van der Waals surface area contributed by atoms with Crippen LogP contribution < -0.4 is 11.0 Å². The normalized spacial score (nSPS) is 17.2. The van der Waals surface area contributed by atoms with Crippen LogP contribution in [-0.2, 0) is 18.9 Å². The molecule has 0 radical (unpaired) electrons. The summed E-state index contributed by atoms with van der Waals surface area (Å²) >= 11 is 0. The van der Waals surface area contributed by atoms with Crippen LogP contribution in [0.4, 0.5) is 5.82 Å². The van der Waals surface area contributed by atoms with Gasteiger partial charge in [-0.15, -0.1) is 0 Å². The molecule has 3 aromatic rings. The number of hydrogen-bond donors (Lipinski definition) is 1. The first-order valence-electron chi connectivity index (χ1n) is 8.41. The molecule has 1 atom stereocenters. The average molecular weight is 339 g/mol. The maximum atomic E-state index is 12.3. The van der Waals surface area contributed by atoms with Gasteiger partial charge in [0.05, 0.1) is 17.2 Å². The zero-order valence-corrected chi connectivity index (χ0v) is 14.8. The largest absolute Gasteiger partial charge is 0.328 e. The second-order valence-electron chi connectivity index (χ2n) is 6.94. The quantitative estimate of drug-likeness (QED) is 0.777. The lowest BCUT2D eigenvalue weighted by Crippen LogP contribution is -2.25. The van der Waals surface area contributed by atoms with Crippen LogP contribution in [0, 0.1) is 0 Å². The number of aromatic nitrogens is 4. The Hall–Kier alpha value is -2.83. The lowest BCUT2D eigenvalue weighted by molar-refractivity contribution is -0.116. The summed E-state index contributed by atoms with van der Waals surface area (Å²) in [5.41, 5.74) is 3.74. The van der Waals surface area contributed by atoms with Crippen LogP contribution in [0.25, 0.3) is 11.0 Å². The second-order valence-corrected chi connectivity index (χ2v) is 6.94. The molecule has 4 rings (SSSR count). The van der Waals surface area contributed by atoms with E-state index in [0.29, 0.717) is 6.42 Å². The number of rotatable bonds is 2. The Bertz CT molecular complexity index is 1050. The van der Waals surface area contributed by atoms with Crippen molar-refractivity contribution in [3.05, 3.63) is 46.0 Å². The van der Waals surface area contributed by atoms with E-state index in [-0.39, 0.29) is 23.6 Å². The zero-order chi connectivity index (χ0) is 17.9. The number of carbonyl (C=O) groups excluding carboxylic acids is 1. The molecule has 1 aliphatic heterocycles. The van der Waals surface area contributed by atoms with E-state index in [1.54, 1.807) is 23.2 Å². The first-order valence-corrected chi connectivity index (χ1v) is 8.41. The average Bonchev–Trinajstić information content (AvgIpc) is 3.10. The van der Waals surface area contributed by atoms with Gasteiger partial charge in [-0.2, -0.15) is 5.10 Å². The fourth-order valence-corrected chi connectivity index (χ4v) is 3.67. The first-order chi connectivity index (χ1) is 11.9. The molecule has 0 bridgehead atoms. The summed E-state index contributed by atoms with van der Waals surface area (Å²) in [5, 5.41) is 7.40. The fourth-order valence-electron chi connectivity index (χ4n) is 3.67. The minimum absolute atomic E-state index is 0.0121. The third kappa shape index (κ3) is 2.22. The summed E-state index contributed by atoms with van der Waals surface area (Å²) in [6, 6.07) is 6.13. The van der Waals surface area contributed by atoms with Gasteiger partial charge in [0.2, 0.25) is 5.91 Å². The van der Waals surface area contributed by atoms with Crippen molar-refractivity contribution < 1.29 is 4.79 Å². The second kappa shape index (κ2) is 5.34. The molecule has 0 unspecified atom stereocenters. The van der Waals surface area contributed by atoms with Gasteiger partial charge in [-0.1, -0.05) is 6.07 Å². The molecule has 0 fully saturated rings. The highest BCUT2D eigenvalue weighted by atomic mass is 16.2. The Morgan fingerprint density at radius 2 is 1.88 bits per heavy atom. The molecule has 1 amide bonds. The standard InChI is InChI=1S/C18H21N5O2/c1-10(2)23-17-13(9-19-23)12(8-16(24)20-17)11-5-6-14-15(7-11)22(4)18(25)21(14)3/h5-7,9-10,12H,8H2,1-4H3,(H,20,24)/t12-/m1/s1. The summed E-state index contributed by atoms with van der Waals surface area (Å²) in [6.45, 7) is 4.07. The van der Waals surface area contributed by atoms with Gasteiger partial charge in [-0.05, 0) is 31.5 Å². The van der Waals surface area contributed by atoms with E-state index in [0.717, 1.165) is 28.0 Å². The van der Waals surface area contributed by atoms with Crippen LogP contribution in [0.5, 0.6) is 0 Å². The highest BCUT2D eigenvalue weighted by Gasteiger charge is 2.30. The third-order valence-electron chi connectivity index (χ3n) is 5.03. The molecule has 7 nitrogen and oxygen atoms in total. The highest BCUT2D eigenvalue weighted by molar-refractivity contribution is 5.94. The van der Waals surface area contributed by atoms with Crippen molar-refractivity contribution >= 4 is 22.8 Å². The Balaban J connectivity index is 1.88. The summed E-state index contributed by atoms with van der Waals surface area (Å²) in [5.74, 6) is 0.705. The van der Waals surface area contributed by atoms with Crippen LogP contribution in [-0.4, -0.2) is 24.8 Å². The smallest absolute Gasteiger partial charge is 0.311 e. The molecule has 130 valence electrons. The van der Waals surface area contributed by atoms with E-state index < -0.39 is 0 Å². The van der Waals surface area contributed by atoms with E-state index in [4.69, 9.17) is 0 Å². The molecule has 1 aromatic carbocycles. The lowest BCUT2D eigenvalue weighted by atomic mass is 9.87. The number of carbonyl (C=O) groups is 1. The molecule has 7 heteroatoms. The van der Waals surface area contributed by atoms with Gasteiger partial charge >= 0.3 is 5.69 Å². The molecular weight excluding hydrogens is 318 g/mol. The van der Waals surface area contributed by atoms with Crippen LogP contribution in [0.1, 0.15) is 43.4 Å². The van der Waals surface area contributed by atoms with Crippen molar-refractivity contribution in [2.75, 3.05) is 5.32 Å².